The minimum absolute atomic E-state index is 0.868. The third kappa shape index (κ3) is 4.10. The van der Waals surface area contributed by atoms with Crippen LogP contribution < -0.4 is 5.32 Å². The highest BCUT2D eigenvalue weighted by molar-refractivity contribution is 4.73. The molecule has 0 bridgehead atoms. The van der Waals surface area contributed by atoms with E-state index in [1.807, 2.05) is 0 Å². The molecule has 1 aliphatic carbocycles. The van der Waals surface area contributed by atoms with E-state index in [2.05, 4.69) is 24.2 Å². The number of hydrogen-bond acceptors (Lipinski definition) is 2. The number of rotatable bonds is 5. The molecule has 0 spiro atoms. The fourth-order valence-electron chi connectivity index (χ4n) is 2.14. The average Bonchev–Trinajstić information content (AvgIpc) is 2.19. The molecule has 13 heavy (non-hydrogen) atoms. The van der Waals surface area contributed by atoms with E-state index < -0.39 is 0 Å². The summed E-state index contributed by atoms with van der Waals surface area (Å²) in [4.78, 5) is 2.53. The molecular weight excluding hydrogens is 160 g/mol. The fraction of sp³-hybridized carbons (Fsp3) is 1.00. The zero-order chi connectivity index (χ0) is 9.52. The molecule has 1 N–H and O–H groups in total. The van der Waals surface area contributed by atoms with Gasteiger partial charge in [0.25, 0.3) is 0 Å². The molecule has 0 amide bonds. The molecule has 0 aromatic heterocycles. The summed E-state index contributed by atoms with van der Waals surface area (Å²) in [5, 5.41) is 3.38. The zero-order valence-corrected chi connectivity index (χ0v) is 9.18. The van der Waals surface area contributed by atoms with Crippen LogP contribution in [0.25, 0.3) is 0 Å². The van der Waals surface area contributed by atoms with E-state index in [9.17, 15) is 0 Å². The molecule has 0 unspecified atom stereocenters. The predicted octanol–water partition coefficient (Wildman–Crippen LogP) is 1.86. The second-order valence-corrected chi connectivity index (χ2v) is 4.13. The topological polar surface area (TPSA) is 15.3 Å². The summed E-state index contributed by atoms with van der Waals surface area (Å²) in [6.07, 6.45) is 7.18. The van der Waals surface area contributed by atoms with Crippen molar-refractivity contribution in [3.8, 4) is 0 Å². The van der Waals surface area contributed by atoms with Gasteiger partial charge in [-0.05, 0) is 26.4 Å². The Hall–Kier alpha value is -0.0800. The molecule has 0 aromatic rings. The lowest BCUT2D eigenvalue weighted by atomic mass is 9.94. The van der Waals surface area contributed by atoms with Gasteiger partial charge in [-0.1, -0.05) is 26.2 Å². The Balaban J connectivity index is 2.09. The summed E-state index contributed by atoms with van der Waals surface area (Å²) in [6, 6.07) is 0.868. The van der Waals surface area contributed by atoms with Gasteiger partial charge < -0.3 is 10.2 Å². The first kappa shape index (κ1) is 11.0. The van der Waals surface area contributed by atoms with Crippen molar-refractivity contribution in [1.29, 1.82) is 0 Å². The van der Waals surface area contributed by atoms with E-state index in [0.717, 1.165) is 19.1 Å². The molecule has 0 atom stereocenters. The summed E-state index contributed by atoms with van der Waals surface area (Å²) >= 11 is 0. The van der Waals surface area contributed by atoms with Gasteiger partial charge in [0.05, 0.1) is 0 Å². The van der Waals surface area contributed by atoms with Crippen molar-refractivity contribution in [3.63, 3.8) is 0 Å². The second-order valence-electron chi connectivity index (χ2n) is 4.13. The molecular formula is C11H24N2. The summed E-state index contributed by atoms with van der Waals surface area (Å²) in [7, 11) is 2.27. The minimum atomic E-state index is 0.868. The van der Waals surface area contributed by atoms with Gasteiger partial charge in [0.1, 0.15) is 0 Å². The van der Waals surface area contributed by atoms with Gasteiger partial charge in [-0.3, -0.25) is 0 Å². The molecule has 1 fully saturated rings. The summed E-state index contributed by atoms with van der Waals surface area (Å²) in [6.45, 7) is 5.61. The highest BCUT2D eigenvalue weighted by Gasteiger charge is 2.16. The Bertz CT molecular complexity index is 119. The molecule has 1 saturated carbocycles. The van der Waals surface area contributed by atoms with E-state index in [1.54, 1.807) is 0 Å². The van der Waals surface area contributed by atoms with Gasteiger partial charge in [0, 0.05) is 19.1 Å². The maximum absolute atomic E-state index is 3.38. The van der Waals surface area contributed by atoms with Crippen molar-refractivity contribution < 1.29 is 0 Å². The Kier molecular flexibility index (Phi) is 5.40. The third-order valence-corrected chi connectivity index (χ3v) is 3.09. The van der Waals surface area contributed by atoms with E-state index in [1.165, 1.54) is 38.6 Å². The van der Waals surface area contributed by atoms with Crippen LogP contribution in [-0.2, 0) is 0 Å². The number of likely N-dealkylation sites (N-methyl/N-ethyl adjacent to an activating group) is 2. The van der Waals surface area contributed by atoms with Crippen LogP contribution in [0.4, 0.5) is 0 Å². The first-order chi connectivity index (χ1) is 6.34. The summed E-state index contributed by atoms with van der Waals surface area (Å²) < 4.78 is 0. The molecule has 0 aliphatic heterocycles. The first-order valence-corrected chi connectivity index (χ1v) is 5.75. The number of nitrogens with one attached hydrogen (secondary N) is 1. The Morgan fingerprint density at radius 1 is 1.23 bits per heavy atom. The van der Waals surface area contributed by atoms with Crippen LogP contribution in [0.1, 0.15) is 39.0 Å². The molecule has 0 saturated heterocycles. The van der Waals surface area contributed by atoms with Gasteiger partial charge in [-0.25, -0.2) is 0 Å². The number of hydrogen-bond donors (Lipinski definition) is 1. The second kappa shape index (κ2) is 6.39. The molecule has 2 heteroatoms. The smallest absolute Gasteiger partial charge is 0.0107 e. The van der Waals surface area contributed by atoms with Crippen molar-refractivity contribution in [2.24, 2.45) is 0 Å². The quantitative estimate of drug-likeness (QED) is 0.656. The maximum Gasteiger partial charge on any atom is 0.0107 e. The van der Waals surface area contributed by atoms with Crippen molar-refractivity contribution in [3.05, 3.63) is 0 Å². The van der Waals surface area contributed by atoms with Crippen LogP contribution in [0.2, 0.25) is 0 Å². The SMILES string of the molecule is CCNCCN(C)C1CCCCC1. The van der Waals surface area contributed by atoms with Crippen LogP contribution >= 0.6 is 0 Å². The summed E-state index contributed by atoms with van der Waals surface area (Å²) in [5.41, 5.74) is 0. The Morgan fingerprint density at radius 2 is 1.92 bits per heavy atom. The van der Waals surface area contributed by atoms with Gasteiger partial charge in [0.2, 0.25) is 0 Å². The molecule has 2 nitrogen and oxygen atoms in total. The van der Waals surface area contributed by atoms with Gasteiger partial charge in [-0.2, -0.15) is 0 Å². The lowest BCUT2D eigenvalue weighted by Crippen LogP contribution is -2.38. The lowest BCUT2D eigenvalue weighted by Gasteiger charge is -2.31. The molecule has 1 rings (SSSR count). The van der Waals surface area contributed by atoms with E-state index in [-0.39, 0.29) is 0 Å². The predicted molar refractivity (Wildman–Crippen MR) is 58.0 cm³/mol. The van der Waals surface area contributed by atoms with Crippen LogP contribution in [0.3, 0.4) is 0 Å². The van der Waals surface area contributed by atoms with Gasteiger partial charge in [-0.15, -0.1) is 0 Å². The molecule has 1 aliphatic rings. The number of nitrogens with zero attached hydrogens (tertiary/aromatic N) is 1. The average molecular weight is 184 g/mol. The van der Waals surface area contributed by atoms with Crippen LogP contribution in [0.15, 0.2) is 0 Å². The van der Waals surface area contributed by atoms with E-state index in [0.29, 0.717) is 0 Å². The molecule has 0 radical (unpaired) electrons. The molecule has 0 aromatic carbocycles. The maximum atomic E-state index is 3.38. The summed E-state index contributed by atoms with van der Waals surface area (Å²) in [5.74, 6) is 0. The van der Waals surface area contributed by atoms with Crippen LogP contribution in [-0.4, -0.2) is 37.6 Å². The van der Waals surface area contributed by atoms with Crippen molar-refractivity contribution in [2.75, 3.05) is 26.7 Å². The Morgan fingerprint density at radius 3 is 2.54 bits per heavy atom. The zero-order valence-electron chi connectivity index (χ0n) is 9.18. The van der Waals surface area contributed by atoms with Crippen molar-refractivity contribution in [2.45, 2.75) is 45.1 Å². The van der Waals surface area contributed by atoms with Crippen LogP contribution in [0.5, 0.6) is 0 Å². The first-order valence-electron chi connectivity index (χ1n) is 5.75. The van der Waals surface area contributed by atoms with Crippen molar-refractivity contribution >= 4 is 0 Å². The highest BCUT2D eigenvalue weighted by Crippen LogP contribution is 2.20. The highest BCUT2D eigenvalue weighted by atomic mass is 15.1. The van der Waals surface area contributed by atoms with E-state index >= 15 is 0 Å². The van der Waals surface area contributed by atoms with Gasteiger partial charge >= 0.3 is 0 Å². The third-order valence-electron chi connectivity index (χ3n) is 3.09. The van der Waals surface area contributed by atoms with Gasteiger partial charge in [0.15, 0.2) is 0 Å². The van der Waals surface area contributed by atoms with Crippen molar-refractivity contribution in [1.82, 2.24) is 10.2 Å². The lowest BCUT2D eigenvalue weighted by molar-refractivity contribution is 0.192. The minimum Gasteiger partial charge on any atom is -0.316 e. The standard InChI is InChI=1S/C11H24N2/c1-3-12-9-10-13(2)11-7-5-4-6-8-11/h11-12H,3-10H2,1-2H3. The largest absolute Gasteiger partial charge is 0.316 e. The Labute approximate surface area is 82.7 Å². The fourth-order valence-corrected chi connectivity index (χ4v) is 2.14. The normalized spacial score (nSPS) is 19.6. The monoisotopic (exact) mass is 184 g/mol. The van der Waals surface area contributed by atoms with E-state index in [4.69, 9.17) is 0 Å². The van der Waals surface area contributed by atoms with Crippen LogP contribution in [0, 0.1) is 0 Å². The molecule has 0 heterocycles. The molecule has 78 valence electrons.